The summed E-state index contributed by atoms with van der Waals surface area (Å²) in [4.78, 5) is 15.6. The van der Waals surface area contributed by atoms with Gasteiger partial charge in [0.1, 0.15) is 5.65 Å². The molecular formula is C18H15F3N2O4. The van der Waals surface area contributed by atoms with E-state index in [1.807, 2.05) is 0 Å². The maximum atomic E-state index is 13.0. The molecular weight excluding hydrogens is 365 g/mol. The Labute approximate surface area is 151 Å². The molecule has 0 amide bonds. The Morgan fingerprint density at radius 3 is 2.44 bits per heavy atom. The summed E-state index contributed by atoms with van der Waals surface area (Å²) in [7, 11) is 2.91. The maximum absolute atomic E-state index is 13.0. The molecule has 1 aromatic carbocycles. The van der Waals surface area contributed by atoms with E-state index < -0.39 is 24.1 Å². The van der Waals surface area contributed by atoms with Crippen LogP contribution in [0, 0.1) is 0 Å². The number of carboxylic acid groups (broad SMARTS) is 1. The number of halogens is 3. The predicted molar refractivity (Wildman–Crippen MR) is 90.1 cm³/mol. The highest BCUT2D eigenvalue weighted by Gasteiger charge is 2.31. The first-order valence-corrected chi connectivity index (χ1v) is 7.77. The van der Waals surface area contributed by atoms with Gasteiger partial charge < -0.3 is 19.0 Å². The second kappa shape index (κ2) is 6.82. The molecule has 0 atom stereocenters. The molecule has 9 heteroatoms. The molecule has 0 unspecified atom stereocenters. The summed E-state index contributed by atoms with van der Waals surface area (Å²) in [5.74, 6) is -0.329. The van der Waals surface area contributed by atoms with Crippen molar-refractivity contribution in [3.63, 3.8) is 0 Å². The van der Waals surface area contributed by atoms with E-state index in [0.717, 1.165) is 16.7 Å². The lowest BCUT2D eigenvalue weighted by Crippen LogP contribution is -2.09. The molecule has 0 bridgehead atoms. The van der Waals surface area contributed by atoms with Crippen LogP contribution in [0.2, 0.25) is 0 Å². The third-order valence-corrected chi connectivity index (χ3v) is 4.02. The number of imidazole rings is 1. The summed E-state index contributed by atoms with van der Waals surface area (Å²) < 4.78 is 50.7. The second-order valence-electron chi connectivity index (χ2n) is 5.69. The van der Waals surface area contributed by atoms with Crippen molar-refractivity contribution in [2.45, 2.75) is 12.6 Å². The predicted octanol–water partition coefficient (Wildman–Crippen LogP) is 3.66. The summed E-state index contributed by atoms with van der Waals surface area (Å²) in [6.07, 6.45) is -4.19. The molecule has 6 nitrogen and oxygen atoms in total. The van der Waals surface area contributed by atoms with E-state index in [-0.39, 0.29) is 17.0 Å². The number of aromatic nitrogens is 2. The van der Waals surface area contributed by atoms with Gasteiger partial charge in [-0.05, 0) is 30.3 Å². The summed E-state index contributed by atoms with van der Waals surface area (Å²) in [6.45, 7) is 0. The number of carboxylic acids is 1. The number of carbonyl (C=O) groups is 1. The van der Waals surface area contributed by atoms with Crippen molar-refractivity contribution in [3.8, 4) is 22.8 Å². The molecule has 0 aliphatic carbocycles. The van der Waals surface area contributed by atoms with Crippen LogP contribution in [0.25, 0.3) is 16.9 Å². The average Bonchev–Trinajstić information content (AvgIpc) is 2.97. The van der Waals surface area contributed by atoms with Gasteiger partial charge in [0.05, 0.1) is 37.6 Å². The molecule has 2 heterocycles. The Bertz CT molecular complexity index is 1010. The monoisotopic (exact) mass is 380 g/mol. The van der Waals surface area contributed by atoms with Gasteiger partial charge in [0.25, 0.3) is 0 Å². The molecule has 0 fully saturated rings. The zero-order chi connectivity index (χ0) is 19.8. The standard InChI is InChI=1S/C18H15F3N2O4/c1-26-13-5-3-10(7-14(13)27-2)17-12(8-16(24)25)23-9-11(18(19,20)21)4-6-15(23)22-17/h3-7,9H,8H2,1-2H3,(H,24,25). The summed E-state index contributed by atoms with van der Waals surface area (Å²) >= 11 is 0. The van der Waals surface area contributed by atoms with E-state index in [1.54, 1.807) is 18.2 Å². The van der Waals surface area contributed by atoms with Gasteiger partial charge in [-0.1, -0.05) is 0 Å². The van der Waals surface area contributed by atoms with Gasteiger partial charge in [-0.3, -0.25) is 4.79 Å². The molecule has 1 N–H and O–H groups in total. The van der Waals surface area contributed by atoms with Crippen LogP contribution in [0.1, 0.15) is 11.3 Å². The smallest absolute Gasteiger partial charge is 0.417 e. The maximum Gasteiger partial charge on any atom is 0.417 e. The van der Waals surface area contributed by atoms with Gasteiger partial charge in [-0.15, -0.1) is 0 Å². The van der Waals surface area contributed by atoms with Gasteiger partial charge in [-0.25, -0.2) is 4.98 Å². The van der Waals surface area contributed by atoms with E-state index in [9.17, 15) is 23.1 Å². The Hall–Kier alpha value is -3.23. The lowest BCUT2D eigenvalue weighted by molar-refractivity contribution is -0.138. The number of aliphatic carboxylic acids is 1. The number of ether oxygens (including phenoxy) is 2. The minimum atomic E-state index is -4.55. The summed E-state index contributed by atoms with van der Waals surface area (Å²) in [5, 5.41) is 9.22. The van der Waals surface area contributed by atoms with Crippen LogP contribution in [0.3, 0.4) is 0 Å². The normalized spacial score (nSPS) is 11.6. The van der Waals surface area contributed by atoms with Gasteiger partial charge >= 0.3 is 12.1 Å². The highest BCUT2D eigenvalue weighted by atomic mass is 19.4. The van der Waals surface area contributed by atoms with Crippen LogP contribution in [0.15, 0.2) is 36.5 Å². The third kappa shape index (κ3) is 3.53. The Balaban J connectivity index is 2.24. The molecule has 0 aliphatic heterocycles. The number of rotatable bonds is 5. The van der Waals surface area contributed by atoms with Gasteiger partial charge in [-0.2, -0.15) is 13.2 Å². The second-order valence-corrected chi connectivity index (χ2v) is 5.69. The minimum Gasteiger partial charge on any atom is -0.493 e. The van der Waals surface area contributed by atoms with Crippen LogP contribution in [0.4, 0.5) is 13.2 Å². The molecule has 2 aromatic heterocycles. The molecule has 0 saturated carbocycles. The van der Waals surface area contributed by atoms with Gasteiger partial charge in [0.15, 0.2) is 11.5 Å². The zero-order valence-electron chi connectivity index (χ0n) is 14.4. The van der Waals surface area contributed by atoms with E-state index in [0.29, 0.717) is 17.1 Å². The molecule has 0 aliphatic rings. The number of pyridine rings is 1. The fourth-order valence-corrected chi connectivity index (χ4v) is 2.79. The Kier molecular flexibility index (Phi) is 4.69. The fraction of sp³-hybridized carbons (Fsp3) is 0.222. The van der Waals surface area contributed by atoms with Crippen molar-refractivity contribution in [2.75, 3.05) is 14.2 Å². The molecule has 0 radical (unpaired) electrons. The van der Waals surface area contributed by atoms with Crippen LogP contribution < -0.4 is 9.47 Å². The van der Waals surface area contributed by atoms with Crippen molar-refractivity contribution in [1.29, 1.82) is 0 Å². The van der Waals surface area contributed by atoms with E-state index in [4.69, 9.17) is 9.47 Å². The van der Waals surface area contributed by atoms with Crippen molar-refractivity contribution in [3.05, 3.63) is 47.8 Å². The first-order chi connectivity index (χ1) is 12.7. The quantitative estimate of drug-likeness (QED) is 0.731. The number of benzene rings is 1. The van der Waals surface area contributed by atoms with E-state index in [2.05, 4.69) is 4.98 Å². The SMILES string of the molecule is COc1ccc(-c2nc3ccc(C(F)(F)F)cn3c2CC(=O)O)cc1OC. The van der Waals surface area contributed by atoms with Crippen molar-refractivity contribution in [2.24, 2.45) is 0 Å². The van der Waals surface area contributed by atoms with Crippen molar-refractivity contribution in [1.82, 2.24) is 9.38 Å². The lowest BCUT2D eigenvalue weighted by atomic mass is 10.1. The van der Waals surface area contributed by atoms with Crippen molar-refractivity contribution >= 4 is 11.6 Å². The summed E-state index contributed by atoms with van der Waals surface area (Å²) in [6, 6.07) is 6.96. The van der Waals surface area contributed by atoms with E-state index in [1.165, 1.54) is 20.3 Å². The molecule has 0 saturated heterocycles. The number of nitrogens with zero attached hydrogens (tertiary/aromatic N) is 2. The zero-order valence-corrected chi connectivity index (χ0v) is 14.4. The lowest BCUT2D eigenvalue weighted by Gasteiger charge is -2.10. The largest absolute Gasteiger partial charge is 0.493 e. The van der Waals surface area contributed by atoms with E-state index >= 15 is 0 Å². The minimum absolute atomic E-state index is 0.135. The molecule has 3 rings (SSSR count). The molecule has 3 aromatic rings. The van der Waals surface area contributed by atoms with Crippen LogP contribution in [-0.4, -0.2) is 34.7 Å². The van der Waals surface area contributed by atoms with Crippen molar-refractivity contribution < 1.29 is 32.5 Å². The Morgan fingerprint density at radius 1 is 1.15 bits per heavy atom. The topological polar surface area (TPSA) is 73.1 Å². The van der Waals surface area contributed by atoms with Crippen LogP contribution in [0.5, 0.6) is 11.5 Å². The first-order valence-electron chi connectivity index (χ1n) is 7.77. The van der Waals surface area contributed by atoms with Gasteiger partial charge in [0, 0.05) is 11.8 Å². The fourth-order valence-electron chi connectivity index (χ4n) is 2.79. The highest BCUT2D eigenvalue weighted by molar-refractivity contribution is 5.77. The number of methoxy groups -OCH3 is 2. The Morgan fingerprint density at radius 2 is 1.85 bits per heavy atom. The number of hydrogen-bond acceptors (Lipinski definition) is 4. The average molecular weight is 380 g/mol. The molecule has 27 heavy (non-hydrogen) atoms. The number of hydrogen-bond donors (Lipinski definition) is 1. The number of alkyl halides is 3. The van der Waals surface area contributed by atoms with Crippen LogP contribution >= 0.6 is 0 Å². The third-order valence-electron chi connectivity index (χ3n) is 4.02. The highest BCUT2D eigenvalue weighted by Crippen LogP contribution is 2.35. The van der Waals surface area contributed by atoms with Crippen LogP contribution in [-0.2, 0) is 17.4 Å². The summed E-state index contributed by atoms with van der Waals surface area (Å²) in [5.41, 5.74) is 0.219. The molecule has 0 spiro atoms. The van der Waals surface area contributed by atoms with Gasteiger partial charge in [0.2, 0.25) is 0 Å². The molecule has 142 valence electrons. The first kappa shape index (κ1) is 18.6. The number of fused-ring (bicyclic) bond motifs is 1.